The largest absolute Gasteiger partial charge is 0.352 e. The summed E-state index contributed by atoms with van der Waals surface area (Å²) in [5.41, 5.74) is 2.63. The number of benzene rings is 1. The number of nitrogens with zero attached hydrogens (tertiary/aromatic N) is 5. The van der Waals surface area contributed by atoms with Gasteiger partial charge in [-0.2, -0.15) is 0 Å². The number of aliphatic imine (C=N–C) groups is 1. The fraction of sp³-hybridized carbons (Fsp3) is 0.526. The molecule has 148 valence electrons. The minimum absolute atomic E-state index is 0. The Labute approximate surface area is 178 Å². The Morgan fingerprint density at radius 3 is 2.33 bits per heavy atom. The van der Waals surface area contributed by atoms with Crippen molar-refractivity contribution in [3.63, 3.8) is 0 Å². The molecule has 7 nitrogen and oxygen atoms in total. The first-order valence-electron chi connectivity index (χ1n) is 9.32. The van der Waals surface area contributed by atoms with Gasteiger partial charge in [-0.3, -0.25) is 9.89 Å². The van der Waals surface area contributed by atoms with Gasteiger partial charge in [-0.05, 0) is 37.1 Å². The van der Waals surface area contributed by atoms with Gasteiger partial charge in [-0.25, -0.2) is 0 Å². The van der Waals surface area contributed by atoms with Gasteiger partial charge in [0.15, 0.2) is 11.8 Å². The molecular formula is C19H30IN7. The van der Waals surface area contributed by atoms with Crippen molar-refractivity contribution in [1.82, 2.24) is 30.3 Å². The second kappa shape index (κ2) is 11.2. The summed E-state index contributed by atoms with van der Waals surface area (Å²) in [6.07, 6.45) is 5.75. The van der Waals surface area contributed by atoms with Crippen LogP contribution in [0.25, 0.3) is 0 Å². The molecule has 0 atom stereocenters. The lowest BCUT2D eigenvalue weighted by Crippen LogP contribution is -2.36. The van der Waals surface area contributed by atoms with Gasteiger partial charge in [-0.1, -0.05) is 30.7 Å². The SMILES string of the molecule is CN=C(NCc1ccc(CN2CCCCC2)cc1)NCc1nncn1C.I. The molecule has 0 radical (unpaired) electrons. The van der Waals surface area contributed by atoms with Crippen LogP contribution in [-0.2, 0) is 26.7 Å². The number of aryl methyl sites for hydroxylation is 1. The van der Waals surface area contributed by atoms with Gasteiger partial charge in [0.05, 0.1) is 6.54 Å². The number of likely N-dealkylation sites (tertiary alicyclic amines) is 1. The van der Waals surface area contributed by atoms with E-state index in [4.69, 9.17) is 0 Å². The molecule has 1 aliphatic heterocycles. The molecule has 1 aromatic heterocycles. The number of guanidine groups is 1. The Bertz CT molecular complexity index is 705. The molecular weight excluding hydrogens is 453 g/mol. The van der Waals surface area contributed by atoms with E-state index in [2.05, 4.69) is 55.0 Å². The Morgan fingerprint density at radius 2 is 1.70 bits per heavy atom. The minimum atomic E-state index is 0. The topological polar surface area (TPSA) is 70.4 Å². The lowest BCUT2D eigenvalue weighted by molar-refractivity contribution is 0.221. The fourth-order valence-corrected chi connectivity index (χ4v) is 3.17. The summed E-state index contributed by atoms with van der Waals surface area (Å²) in [6.45, 7) is 4.86. The predicted molar refractivity (Wildman–Crippen MR) is 119 cm³/mol. The second-order valence-corrected chi connectivity index (χ2v) is 6.79. The zero-order chi connectivity index (χ0) is 18.2. The standard InChI is InChI=1S/C19H29N7.HI/c1-20-19(22-13-18-24-23-15-25(18)2)21-12-16-6-8-17(9-7-16)14-26-10-4-3-5-11-26;/h6-9,15H,3-5,10-14H2,1-2H3,(H2,20,21,22);1H. The van der Waals surface area contributed by atoms with Crippen LogP contribution in [0.2, 0.25) is 0 Å². The van der Waals surface area contributed by atoms with Crippen molar-refractivity contribution in [1.29, 1.82) is 0 Å². The third kappa shape index (κ3) is 6.76. The van der Waals surface area contributed by atoms with E-state index in [0.29, 0.717) is 6.54 Å². The molecule has 2 heterocycles. The van der Waals surface area contributed by atoms with Crippen LogP contribution in [0.5, 0.6) is 0 Å². The molecule has 0 aliphatic carbocycles. The zero-order valence-corrected chi connectivity index (χ0v) is 18.5. The smallest absolute Gasteiger partial charge is 0.191 e. The summed E-state index contributed by atoms with van der Waals surface area (Å²) in [6, 6.07) is 8.87. The van der Waals surface area contributed by atoms with Crippen LogP contribution >= 0.6 is 24.0 Å². The molecule has 27 heavy (non-hydrogen) atoms. The Morgan fingerprint density at radius 1 is 1.04 bits per heavy atom. The maximum Gasteiger partial charge on any atom is 0.191 e. The third-order valence-electron chi connectivity index (χ3n) is 4.78. The number of aromatic nitrogens is 3. The highest BCUT2D eigenvalue weighted by molar-refractivity contribution is 14.0. The highest BCUT2D eigenvalue weighted by Gasteiger charge is 2.10. The van der Waals surface area contributed by atoms with E-state index in [0.717, 1.165) is 24.9 Å². The average Bonchev–Trinajstić information content (AvgIpc) is 3.09. The van der Waals surface area contributed by atoms with Gasteiger partial charge in [0.25, 0.3) is 0 Å². The van der Waals surface area contributed by atoms with E-state index < -0.39 is 0 Å². The molecule has 1 fully saturated rings. The summed E-state index contributed by atoms with van der Waals surface area (Å²) in [4.78, 5) is 6.81. The van der Waals surface area contributed by atoms with Crippen molar-refractivity contribution < 1.29 is 0 Å². The first kappa shape index (κ1) is 21.6. The van der Waals surface area contributed by atoms with E-state index in [1.807, 2.05) is 11.6 Å². The predicted octanol–water partition coefficient (Wildman–Crippen LogP) is 2.28. The zero-order valence-electron chi connectivity index (χ0n) is 16.2. The number of rotatable bonds is 6. The number of piperidine rings is 1. The number of hydrogen-bond acceptors (Lipinski definition) is 4. The summed E-state index contributed by atoms with van der Waals surface area (Å²) in [5, 5.41) is 14.5. The fourth-order valence-electron chi connectivity index (χ4n) is 3.17. The second-order valence-electron chi connectivity index (χ2n) is 6.79. The van der Waals surface area contributed by atoms with Gasteiger partial charge in [0.2, 0.25) is 0 Å². The van der Waals surface area contributed by atoms with Crippen LogP contribution in [0.3, 0.4) is 0 Å². The Hall–Kier alpha value is -1.68. The van der Waals surface area contributed by atoms with Crippen molar-refractivity contribution in [2.24, 2.45) is 12.0 Å². The van der Waals surface area contributed by atoms with Gasteiger partial charge in [-0.15, -0.1) is 34.2 Å². The van der Waals surface area contributed by atoms with E-state index in [9.17, 15) is 0 Å². The number of halogens is 1. The maximum absolute atomic E-state index is 4.26. The first-order chi connectivity index (χ1) is 12.7. The normalized spacial score (nSPS) is 15.3. The van der Waals surface area contributed by atoms with Crippen LogP contribution in [0.1, 0.15) is 36.2 Å². The van der Waals surface area contributed by atoms with Crippen molar-refractivity contribution in [3.8, 4) is 0 Å². The average molecular weight is 483 g/mol. The van der Waals surface area contributed by atoms with Crippen LogP contribution in [0.4, 0.5) is 0 Å². The van der Waals surface area contributed by atoms with Gasteiger partial charge < -0.3 is 15.2 Å². The molecule has 8 heteroatoms. The van der Waals surface area contributed by atoms with Gasteiger partial charge in [0.1, 0.15) is 6.33 Å². The summed E-state index contributed by atoms with van der Waals surface area (Å²) >= 11 is 0. The molecule has 3 rings (SSSR count). The molecule has 0 saturated carbocycles. The van der Waals surface area contributed by atoms with Crippen molar-refractivity contribution in [2.75, 3.05) is 20.1 Å². The number of hydrogen-bond donors (Lipinski definition) is 2. The molecule has 0 unspecified atom stereocenters. The van der Waals surface area contributed by atoms with Crippen molar-refractivity contribution in [2.45, 2.75) is 38.9 Å². The molecule has 1 aromatic carbocycles. The lowest BCUT2D eigenvalue weighted by Gasteiger charge is -2.26. The molecule has 2 aromatic rings. The van der Waals surface area contributed by atoms with Crippen molar-refractivity contribution in [3.05, 3.63) is 47.5 Å². The summed E-state index contributed by atoms with van der Waals surface area (Å²) < 4.78 is 1.89. The van der Waals surface area contributed by atoms with E-state index >= 15 is 0 Å². The lowest BCUT2D eigenvalue weighted by atomic mass is 10.1. The maximum atomic E-state index is 4.26. The van der Waals surface area contributed by atoms with Crippen LogP contribution in [0.15, 0.2) is 35.6 Å². The Kier molecular flexibility index (Phi) is 8.99. The molecule has 0 bridgehead atoms. The number of nitrogens with one attached hydrogen (secondary N) is 2. The van der Waals surface area contributed by atoms with Gasteiger partial charge in [0, 0.05) is 27.2 Å². The van der Waals surface area contributed by atoms with Crippen LogP contribution in [-0.4, -0.2) is 45.8 Å². The molecule has 2 N–H and O–H groups in total. The molecule has 1 saturated heterocycles. The molecule has 1 aliphatic rings. The molecule has 0 spiro atoms. The van der Waals surface area contributed by atoms with E-state index in [1.165, 1.54) is 43.5 Å². The van der Waals surface area contributed by atoms with Crippen LogP contribution in [0, 0.1) is 0 Å². The van der Waals surface area contributed by atoms with Crippen LogP contribution < -0.4 is 10.6 Å². The monoisotopic (exact) mass is 483 g/mol. The quantitative estimate of drug-likeness (QED) is 0.375. The van der Waals surface area contributed by atoms with Gasteiger partial charge >= 0.3 is 0 Å². The Balaban J connectivity index is 0.00000261. The summed E-state index contributed by atoms with van der Waals surface area (Å²) in [5.74, 6) is 1.63. The highest BCUT2D eigenvalue weighted by Crippen LogP contribution is 2.13. The van der Waals surface area contributed by atoms with Crippen molar-refractivity contribution >= 4 is 29.9 Å². The summed E-state index contributed by atoms with van der Waals surface area (Å²) in [7, 11) is 3.70. The molecule has 0 amide bonds. The highest BCUT2D eigenvalue weighted by atomic mass is 127. The first-order valence-corrected chi connectivity index (χ1v) is 9.32. The van der Waals surface area contributed by atoms with E-state index in [-0.39, 0.29) is 24.0 Å². The van der Waals surface area contributed by atoms with E-state index in [1.54, 1.807) is 13.4 Å². The minimum Gasteiger partial charge on any atom is -0.352 e. The third-order valence-corrected chi connectivity index (χ3v) is 4.78.